The molecule has 0 radical (unpaired) electrons. The molecule has 0 amide bonds. The molecule has 0 saturated heterocycles. The van der Waals surface area contributed by atoms with Crippen LogP contribution >= 0.6 is 27.3 Å². The molecule has 2 rings (SSSR count). The summed E-state index contributed by atoms with van der Waals surface area (Å²) < 4.78 is 0.834. The van der Waals surface area contributed by atoms with E-state index < -0.39 is 0 Å². The van der Waals surface area contributed by atoms with Gasteiger partial charge in [0.15, 0.2) is 6.29 Å². The second kappa shape index (κ2) is 5.67. The van der Waals surface area contributed by atoms with Crippen LogP contribution in [-0.4, -0.2) is 13.3 Å². The van der Waals surface area contributed by atoms with Crippen LogP contribution in [-0.2, 0) is 0 Å². The van der Waals surface area contributed by atoms with Crippen LogP contribution in [0.2, 0.25) is 0 Å². The molecule has 4 heteroatoms. The maximum absolute atomic E-state index is 10.8. The normalized spacial score (nSPS) is 12.2. The fraction of sp³-hybridized carbons (Fsp3) is 0.214. The lowest BCUT2D eigenvalue weighted by molar-refractivity contribution is 0.112. The molecule has 1 atom stereocenters. The fourth-order valence-corrected chi connectivity index (χ4v) is 3.06. The monoisotopic (exact) mass is 323 g/mol. The number of carbonyl (C=O) groups excluding carboxylic acids is 1. The number of rotatable bonds is 4. The predicted octanol–water partition coefficient (Wildman–Crippen LogP) is 4.52. The van der Waals surface area contributed by atoms with Crippen LogP contribution < -0.4 is 4.90 Å². The van der Waals surface area contributed by atoms with Crippen molar-refractivity contribution in [3.8, 4) is 0 Å². The Morgan fingerprint density at radius 2 is 2.17 bits per heavy atom. The zero-order valence-corrected chi connectivity index (χ0v) is 12.7. The third-order valence-corrected chi connectivity index (χ3v) is 4.78. The van der Waals surface area contributed by atoms with Crippen molar-refractivity contribution in [1.29, 1.82) is 0 Å². The Hall–Kier alpha value is -1.13. The summed E-state index contributed by atoms with van der Waals surface area (Å²) in [6.45, 7) is 2.17. The fourth-order valence-electron chi connectivity index (χ4n) is 1.77. The van der Waals surface area contributed by atoms with E-state index in [2.05, 4.69) is 52.3 Å². The minimum atomic E-state index is 0.319. The molecule has 1 heterocycles. The van der Waals surface area contributed by atoms with Crippen LogP contribution in [0.15, 0.2) is 40.2 Å². The molecule has 0 spiro atoms. The molecule has 0 aliphatic carbocycles. The molecule has 1 aromatic carbocycles. The molecule has 18 heavy (non-hydrogen) atoms. The lowest BCUT2D eigenvalue weighted by Gasteiger charge is -2.26. The van der Waals surface area contributed by atoms with Gasteiger partial charge in [-0.1, -0.05) is 6.07 Å². The van der Waals surface area contributed by atoms with Gasteiger partial charge in [-0.05, 0) is 52.5 Å². The Labute approximate surface area is 119 Å². The van der Waals surface area contributed by atoms with Crippen molar-refractivity contribution in [2.45, 2.75) is 13.0 Å². The van der Waals surface area contributed by atoms with Crippen LogP contribution in [0.1, 0.15) is 28.2 Å². The average Bonchev–Trinajstić information content (AvgIpc) is 2.90. The van der Waals surface area contributed by atoms with Gasteiger partial charge in [0.05, 0.1) is 6.04 Å². The van der Waals surface area contributed by atoms with Gasteiger partial charge >= 0.3 is 0 Å². The minimum Gasteiger partial charge on any atom is -0.367 e. The van der Waals surface area contributed by atoms with E-state index in [9.17, 15) is 4.79 Å². The van der Waals surface area contributed by atoms with Gasteiger partial charge in [-0.3, -0.25) is 4.79 Å². The van der Waals surface area contributed by atoms with Gasteiger partial charge in [-0.15, -0.1) is 11.3 Å². The first-order valence-electron chi connectivity index (χ1n) is 5.64. The third-order valence-electron chi connectivity index (χ3n) is 3.05. The first kappa shape index (κ1) is 13.3. The second-order valence-electron chi connectivity index (χ2n) is 4.13. The van der Waals surface area contributed by atoms with Crippen LogP contribution in [0.5, 0.6) is 0 Å². The van der Waals surface area contributed by atoms with Crippen LogP contribution in [0.3, 0.4) is 0 Å². The Morgan fingerprint density at radius 1 is 1.39 bits per heavy atom. The molecule has 0 aliphatic heterocycles. The molecule has 2 nitrogen and oxygen atoms in total. The summed E-state index contributed by atoms with van der Waals surface area (Å²) >= 11 is 5.17. The maximum Gasteiger partial charge on any atom is 0.151 e. The summed E-state index contributed by atoms with van der Waals surface area (Å²) in [6.07, 6.45) is 0.858. The van der Waals surface area contributed by atoms with E-state index in [1.54, 1.807) is 11.3 Å². The summed E-state index contributed by atoms with van der Waals surface area (Å²) in [4.78, 5) is 14.3. The van der Waals surface area contributed by atoms with E-state index in [1.165, 1.54) is 4.88 Å². The smallest absolute Gasteiger partial charge is 0.151 e. The molecule has 0 fully saturated rings. The number of anilines is 1. The van der Waals surface area contributed by atoms with Crippen molar-refractivity contribution in [3.05, 3.63) is 50.6 Å². The van der Waals surface area contributed by atoms with E-state index in [1.807, 2.05) is 18.2 Å². The zero-order valence-electron chi connectivity index (χ0n) is 10.3. The van der Waals surface area contributed by atoms with Crippen molar-refractivity contribution < 1.29 is 4.79 Å². The molecule has 0 aliphatic rings. The van der Waals surface area contributed by atoms with Crippen LogP contribution in [0.25, 0.3) is 0 Å². The standard InChI is InChI=1S/C14H14BrNOS/c1-10(14-4-3-7-18-14)16(2)12-6-5-11(9-17)13(15)8-12/h3-10H,1-2H3. The second-order valence-corrected chi connectivity index (χ2v) is 5.96. The number of benzene rings is 1. The molecule has 1 aromatic heterocycles. The number of thiophene rings is 1. The van der Waals surface area contributed by atoms with E-state index in [0.717, 1.165) is 16.4 Å². The predicted molar refractivity (Wildman–Crippen MR) is 80.7 cm³/mol. The van der Waals surface area contributed by atoms with Gasteiger partial charge in [0.25, 0.3) is 0 Å². The van der Waals surface area contributed by atoms with E-state index in [4.69, 9.17) is 0 Å². The van der Waals surface area contributed by atoms with E-state index in [-0.39, 0.29) is 0 Å². The number of halogens is 1. The Kier molecular flexibility index (Phi) is 4.19. The number of hydrogen-bond donors (Lipinski definition) is 0. The van der Waals surface area contributed by atoms with Crippen molar-refractivity contribution in [2.24, 2.45) is 0 Å². The number of nitrogens with zero attached hydrogens (tertiary/aromatic N) is 1. The van der Waals surface area contributed by atoms with Gasteiger partial charge in [0.2, 0.25) is 0 Å². The summed E-state index contributed by atoms with van der Waals surface area (Å²) in [5.74, 6) is 0. The summed E-state index contributed by atoms with van der Waals surface area (Å²) in [6, 6.07) is 10.3. The molecule has 0 N–H and O–H groups in total. The Morgan fingerprint density at radius 3 is 2.72 bits per heavy atom. The summed E-state index contributed by atoms with van der Waals surface area (Å²) in [5, 5.41) is 2.09. The molecule has 2 aromatic rings. The van der Waals surface area contributed by atoms with E-state index in [0.29, 0.717) is 11.6 Å². The summed E-state index contributed by atoms with van der Waals surface area (Å²) in [5.41, 5.74) is 1.77. The minimum absolute atomic E-state index is 0.319. The topological polar surface area (TPSA) is 20.3 Å². The molecule has 0 saturated carbocycles. The average molecular weight is 324 g/mol. The lowest BCUT2D eigenvalue weighted by atomic mass is 10.1. The molecular formula is C14H14BrNOS. The van der Waals surface area contributed by atoms with Crippen molar-refractivity contribution in [2.75, 3.05) is 11.9 Å². The third kappa shape index (κ3) is 2.65. The molecule has 1 unspecified atom stereocenters. The van der Waals surface area contributed by atoms with Gasteiger partial charge in [0.1, 0.15) is 0 Å². The van der Waals surface area contributed by atoms with E-state index >= 15 is 0 Å². The molecular weight excluding hydrogens is 310 g/mol. The molecule has 0 bridgehead atoms. The lowest BCUT2D eigenvalue weighted by Crippen LogP contribution is -2.20. The van der Waals surface area contributed by atoms with Crippen molar-refractivity contribution in [3.63, 3.8) is 0 Å². The first-order chi connectivity index (χ1) is 8.63. The van der Waals surface area contributed by atoms with Crippen molar-refractivity contribution >= 4 is 39.2 Å². The SMILES string of the molecule is CC(c1cccs1)N(C)c1ccc(C=O)c(Br)c1. The number of hydrogen-bond acceptors (Lipinski definition) is 3. The van der Waals surface area contributed by atoms with Crippen LogP contribution in [0, 0.1) is 0 Å². The first-order valence-corrected chi connectivity index (χ1v) is 7.31. The summed E-state index contributed by atoms with van der Waals surface area (Å²) in [7, 11) is 2.06. The van der Waals surface area contributed by atoms with Gasteiger partial charge in [0, 0.05) is 27.6 Å². The van der Waals surface area contributed by atoms with Crippen LogP contribution in [0.4, 0.5) is 5.69 Å². The maximum atomic E-state index is 10.8. The quantitative estimate of drug-likeness (QED) is 0.771. The Balaban J connectivity index is 2.26. The van der Waals surface area contributed by atoms with Crippen molar-refractivity contribution in [1.82, 2.24) is 0 Å². The van der Waals surface area contributed by atoms with Gasteiger partial charge in [-0.25, -0.2) is 0 Å². The highest BCUT2D eigenvalue weighted by Gasteiger charge is 2.14. The van der Waals surface area contributed by atoms with Gasteiger partial charge in [-0.2, -0.15) is 0 Å². The highest BCUT2D eigenvalue weighted by molar-refractivity contribution is 9.10. The highest BCUT2D eigenvalue weighted by atomic mass is 79.9. The zero-order chi connectivity index (χ0) is 13.1. The largest absolute Gasteiger partial charge is 0.367 e. The highest BCUT2D eigenvalue weighted by Crippen LogP contribution is 2.30. The van der Waals surface area contributed by atoms with Gasteiger partial charge < -0.3 is 4.90 Å². The molecule has 94 valence electrons. The Bertz CT molecular complexity index is 539. The number of aldehydes is 1. The number of carbonyl (C=O) groups is 1.